The third kappa shape index (κ3) is 1.81. The van der Waals surface area contributed by atoms with Crippen LogP contribution in [0.1, 0.15) is 0 Å². The molecule has 0 aliphatic rings. The van der Waals surface area contributed by atoms with Crippen LogP contribution in [0.4, 0.5) is 0 Å². The molecule has 2 aromatic heterocycles. The average Bonchev–Trinajstić information content (AvgIpc) is 3.20. The Labute approximate surface area is 144 Å². The van der Waals surface area contributed by atoms with E-state index >= 15 is 0 Å². The Bertz CT molecular complexity index is 1140. The van der Waals surface area contributed by atoms with Crippen molar-refractivity contribution in [3.63, 3.8) is 0 Å². The fraction of sp³-hybridized carbons (Fsp3) is 0. The summed E-state index contributed by atoms with van der Waals surface area (Å²) in [6.07, 6.45) is 0. The Morgan fingerprint density at radius 2 is 1.35 bits per heavy atom. The van der Waals surface area contributed by atoms with Gasteiger partial charge < -0.3 is 4.57 Å². The summed E-state index contributed by atoms with van der Waals surface area (Å²) in [6.45, 7) is 0. The summed E-state index contributed by atoms with van der Waals surface area (Å²) in [6, 6.07) is 21.1. The number of aromatic nitrogens is 3. The van der Waals surface area contributed by atoms with E-state index in [4.69, 9.17) is 0 Å². The molecule has 0 amide bonds. The Balaban J connectivity index is 2.02. The molecule has 0 atom stereocenters. The zero-order valence-electron chi connectivity index (χ0n) is 11.9. The summed E-state index contributed by atoms with van der Waals surface area (Å²) in [5.74, 6) is 0. The van der Waals surface area contributed by atoms with Crippen molar-refractivity contribution in [3.05, 3.63) is 65.1 Å². The van der Waals surface area contributed by atoms with Crippen molar-refractivity contribution in [3.8, 4) is 5.69 Å². The van der Waals surface area contributed by atoms with E-state index in [0.29, 0.717) is 0 Å². The highest BCUT2D eigenvalue weighted by Gasteiger charge is 2.16. The molecule has 3 aromatic carbocycles. The topological polar surface area (TPSA) is 30.7 Å². The number of hydrogen-bond donors (Lipinski definition) is 0. The second kappa shape index (κ2) is 4.88. The first-order chi connectivity index (χ1) is 11.3. The van der Waals surface area contributed by atoms with Gasteiger partial charge in [0.25, 0.3) is 0 Å². The quantitative estimate of drug-likeness (QED) is 0.382. The average molecular weight is 380 g/mol. The molecule has 110 valence electrons. The molecular formula is C18H10BrN3S. The molecule has 0 aliphatic heterocycles. The molecule has 0 spiro atoms. The molecule has 23 heavy (non-hydrogen) atoms. The second-order valence-electron chi connectivity index (χ2n) is 5.40. The van der Waals surface area contributed by atoms with Gasteiger partial charge in [-0.25, -0.2) is 0 Å². The smallest absolute Gasteiger partial charge is 0.129 e. The Morgan fingerprint density at radius 3 is 2.04 bits per heavy atom. The van der Waals surface area contributed by atoms with E-state index in [2.05, 4.69) is 83.8 Å². The van der Waals surface area contributed by atoms with Gasteiger partial charge in [-0.2, -0.15) is 8.75 Å². The van der Waals surface area contributed by atoms with Crippen molar-refractivity contribution in [1.82, 2.24) is 13.3 Å². The predicted molar refractivity (Wildman–Crippen MR) is 99.5 cm³/mol. The van der Waals surface area contributed by atoms with Crippen molar-refractivity contribution >= 4 is 60.5 Å². The van der Waals surface area contributed by atoms with E-state index < -0.39 is 0 Å². The van der Waals surface area contributed by atoms with Gasteiger partial charge in [0.15, 0.2) is 0 Å². The lowest BCUT2D eigenvalue weighted by Gasteiger charge is -2.08. The van der Waals surface area contributed by atoms with Crippen molar-refractivity contribution in [2.24, 2.45) is 0 Å². The van der Waals surface area contributed by atoms with Crippen molar-refractivity contribution in [1.29, 1.82) is 0 Å². The first-order valence-electron chi connectivity index (χ1n) is 7.24. The lowest BCUT2D eigenvalue weighted by atomic mass is 10.2. The largest absolute Gasteiger partial charge is 0.307 e. The van der Waals surface area contributed by atoms with Gasteiger partial charge in [0.2, 0.25) is 0 Å². The highest BCUT2D eigenvalue weighted by Crippen LogP contribution is 2.35. The number of benzene rings is 3. The van der Waals surface area contributed by atoms with Crippen LogP contribution in [0.2, 0.25) is 0 Å². The van der Waals surface area contributed by atoms with E-state index in [1.165, 1.54) is 33.5 Å². The van der Waals surface area contributed by atoms with Crippen LogP contribution < -0.4 is 0 Å². The fourth-order valence-electron chi connectivity index (χ4n) is 3.19. The molecule has 0 aliphatic carbocycles. The molecule has 2 heterocycles. The fourth-order valence-corrected chi connectivity index (χ4v) is 4.28. The lowest BCUT2D eigenvalue weighted by molar-refractivity contribution is 1.19. The SMILES string of the molecule is Brc1ccc(-n2c3ccccc3c3ccccc32)c2nsnc12. The first kappa shape index (κ1) is 13.2. The number of para-hydroxylation sites is 2. The minimum atomic E-state index is 0.911. The van der Waals surface area contributed by atoms with E-state index in [1.54, 1.807) is 0 Å². The van der Waals surface area contributed by atoms with Gasteiger partial charge in [0, 0.05) is 15.2 Å². The third-order valence-electron chi connectivity index (χ3n) is 4.17. The molecule has 0 fully saturated rings. The minimum Gasteiger partial charge on any atom is -0.307 e. The zero-order chi connectivity index (χ0) is 15.4. The molecule has 0 N–H and O–H groups in total. The van der Waals surface area contributed by atoms with Crippen molar-refractivity contribution in [2.75, 3.05) is 0 Å². The van der Waals surface area contributed by atoms with Crippen LogP contribution in [-0.2, 0) is 0 Å². The maximum atomic E-state index is 4.53. The number of nitrogens with zero attached hydrogens (tertiary/aromatic N) is 3. The number of fused-ring (bicyclic) bond motifs is 4. The Morgan fingerprint density at radius 1 is 0.739 bits per heavy atom. The number of hydrogen-bond acceptors (Lipinski definition) is 3. The highest BCUT2D eigenvalue weighted by molar-refractivity contribution is 9.10. The second-order valence-corrected chi connectivity index (χ2v) is 6.78. The van der Waals surface area contributed by atoms with Gasteiger partial charge in [-0.15, -0.1) is 0 Å². The van der Waals surface area contributed by atoms with Crippen LogP contribution >= 0.6 is 27.7 Å². The summed E-state index contributed by atoms with van der Waals surface area (Å²) in [5, 5.41) is 2.50. The number of rotatable bonds is 1. The van der Waals surface area contributed by atoms with Crippen molar-refractivity contribution in [2.45, 2.75) is 0 Å². The lowest BCUT2D eigenvalue weighted by Crippen LogP contribution is -1.95. The maximum Gasteiger partial charge on any atom is 0.129 e. The standard InChI is InChI=1S/C18H10BrN3S/c19-13-9-10-16(18-17(13)20-23-21-18)22-14-7-3-1-5-11(14)12-6-2-4-8-15(12)22/h1-10H. The van der Waals surface area contributed by atoms with Gasteiger partial charge in [-0.1, -0.05) is 36.4 Å². The van der Waals surface area contributed by atoms with Crippen LogP contribution in [0.25, 0.3) is 38.5 Å². The van der Waals surface area contributed by atoms with E-state index in [1.807, 2.05) is 6.07 Å². The summed E-state index contributed by atoms with van der Waals surface area (Å²) < 4.78 is 12.2. The Hall–Kier alpha value is -2.24. The molecule has 0 radical (unpaired) electrons. The minimum absolute atomic E-state index is 0.911. The predicted octanol–water partition coefficient (Wildman–Crippen LogP) is 5.55. The van der Waals surface area contributed by atoms with E-state index in [9.17, 15) is 0 Å². The summed E-state index contributed by atoms with van der Waals surface area (Å²) in [4.78, 5) is 0. The molecule has 5 aromatic rings. The maximum absolute atomic E-state index is 4.53. The molecular weight excluding hydrogens is 370 g/mol. The van der Waals surface area contributed by atoms with Gasteiger partial charge >= 0.3 is 0 Å². The highest BCUT2D eigenvalue weighted by atomic mass is 79.9. The van der Waals surface area contributed by atoms with Gasteiger partial charge in [-0.05, 0) is 40.2 Å². The van der Waals surface area contributed by atoms with Crippen LogP contribution in [0.5, 0.6) is 0 Å². The summed E-state index contributed by atoms with van der Waals surface area (Å²) in [7, 11) is 0. The molecule has 0 saturated heterocycles. The van der Waals surface area contributed by atoms with Crippen LogP contribution in [0.15, 0.2) is 65.1 Å². The van der Waals surface area contributed by atoms with Crippen LogP contribution in [-0.4, -0.2) is 13.3 Å². The van der Waals surface area contributed by atoms with Gasteiger partial charge in [0.05, 0.1) is 28.4 Å². The molecule has 0 unspecified atom stereocenters. The molecule has 0 bridgehead atoms. The van der Waals surface area contributed by atoms with Crippen LogP contribution in [0, 0.1) is 0 Å². The molecule has 0 saturated carbocycles. The normalized spacial score (nSPS) is 11.7. The first-order valence-corrected chi connectivity index (χ1v) is 8.76. The summed E-state index contributed by atoms with van der Waals surface area (Å²) in [5.41, 5.74) is 5.27. The van der Waals surface area contributed by atoms with E-state index in [0.717, 1.165) is 21.2 Å². The molecule has 3 nitrogen and oxygen atoms in total. The van der Waals surface area contributed by atoms with Gasteiger partial charge in [0.1, 0.15) is 11.0 Å². The number of halogens is 1. The van der Waals surface area contributed by atoms with Gasteiger partial charge in [-0.3, -0.25) is 0 Å². The third-order valence-corrected chi connectivity index (χ3v) is 5.33. The summed E-state index contributed by atoms with van der Waals surface area (Å²) >= 11 is 4.81. The van der Waals surface area contributed by atoms with Crippen molar-refractivity contribution < 1.29 is 0 Å². The van der Waals surface area contributed by atoms with Crippen LogP contribution in [0.3, 0.4) is 0 Å². The zero-order valence-corrected chi connectivity index (χ0v) is 14.3. The molecule has 5 heteroatoms. The monoisotopic (exact) mass is 379 g/mol. The van der Waals surface area contributed by atoms with E-state index in [-0.39, 0.29) is 0 Å². The Kier molecular flexibility index (Phi) is 2.80. The molecule has 5 rings (SSSR count).